The number of carbonyl (C=O) groups excluding carboxylic acids is 1. The van der Waals surface area contributed by atoms with Crippen molar-refractivity contribution in [2.24, 2.45) is 0 Å². The second-order valence-electron chi connectivity index (χ2n) is 7.13. The maximum atomic E-state index is 12.4. The molecular weight excluding hydrogens is 352 g/mol. The zero-order valence-electron chi connectivity index (χ0n) is 15.3. The van der Waals surface area contributed by atoms with E-state index in [9.17, 15) is 13.2 Å². The molecule has 2 saturated heterocycles. The fourth-order valence-electron chi connectivity index (χ4n) is 3.57. The van der Waals surface area contributed by atoms with E-state index >= 15 is 0 Å². The number of nitrogens with zero attached hydrogens (tertiary/aromatic N) is 3. The molecule has 0 spiro atoms. The van der Waals surface area contributed by atoms with E-state index in [0.29, 0.717) is 26.2 Å². The van der Waals surface area contributed by atoms with Crippen LogP contribution in [-0.2, 0) is 16.6 Å². The Morgan fingerprint density at radius 2 is 1.65 bits per heavy atom. The molecule has 2 heterocycles. The summed E-state index contributed by atoms with van der Waals surface area (Å²) in [6.07, 6.45) is 3.11. The molecular formula is C18H28N4O3S. The number of hydrogen-bond acceptors (Lipinski definition) is 4. The molecule has 1 aromatic carbocycles. The summed E-state index contributed by atoms with van der Waals surface area (Å²) in [7, 11) is -3.16. The van der Waals surface area contributed by atoms with Gasteiger partial charge >= 0.3 is 6.03 Å². The summed E-state index contributed by atoms with van der Waals surface area (Å²) >= 11 is 0. The summed E-state index contributed by atoms with van der Waals surface area (Å²) in [4.78, 5) is 16.6. The highest BCUT2D eigenvalue weighted by molar-refractivity contribution is 7.88. The Morgan fingerprint density at radius 3 is 2.23 bits per heavy atom. The highest BCUT2D eigenvalue weighted by Gasteiger charge is 2.28. The number of rotatable bonds is 4. The average molecular weight is 381 g/mol. The second-order valence-corrected chi connectivity index (χ2v) is 9.12. The fraction of sp³-hybridized carbons (Fsp3) is 0.611. The van der Waals surface area contributed by atoms with Gasteiger partial charge in [-0.1, -0.05) is 30.3 Å². The Kier molecular flexibility index (Phi) is 6.16. The Labute approximate surface area is 156 Å². The van der Waals surface area contributed by atoms with E-state index in [1.807, 2.05) is 6.07 Å². The number of nitrogens with one attached hydrogen (secondary N) is 1. The number of piperazine rings is 1. The minimum absolute atomic E-state index is 0.0698. The summed E-state index contributed by atoms with van der Waals surface area (Å²) in [5.74, 6) is 0. The Balaban J connectivity index is 1.40. The molecule has 0 aromatic heterocycles. The zero-order valence-corrected chi connectivity index (χ0v) is 16.1. The van der Waals surface area contributed by atoms with Crippen LogP contribution in [0, 0.1) is 0 Å². The molecule has 26 heavy (non-hydrogen) atoms. The minimum Gasteiger partial charge on any atom is -0.335 e. The van der Waals surface area contributed by atoms with E-state index in [-0.39, 0.29) is 12.1 Å². The highest BCUT2D eigenvalue weighted by atomic mass is 32.2. The topological polar surface area (TPSA) is 73.0 Å². The van der Waals surface area contributed by atoms with Crippen LogP contribution in [0.1, 0.15) is 18.4 Å². The van der Waals surface area contributed by atoms with Crippen LogP contribution in [-0.4, -0.2) is 80.1 Å². The fourth-order valence-corrected chi connectivity index (χ4v) is 4.39. The van der Waals surface area contributed by atoms with Gasteiger partial charge in [0, 0.05) is 51.9 Å². The van der Waals surface area contributed by atoms with Gasteiger partial charge in [-0.25, -0.2) is 13.2 Å². The van der Waals surface area contributed by atoms with Crippen LogP contribution in [0.5, 0.6) is 0 Å². The first-order valence-corrected chi connectivity index (χ1v) is 11.0. The highest BCUT2D eigenvalue weighted by Crippen LogP contribution is 2.14. The number of likely N-dealkylation sites (tertiary alicyclic amines) is 1. The van der Waals surface area contributed by atoms with Gasteiger partial charge in [0.1, 0.15) is 0 Å². The number of benzene rings is 1. The molecule has 2 fully saturated rings. The van der Waals surface area contributed by atoms with Gasteiger partial charge in [-0.3, -0.25) is 4.90 Å². The molecule has 8 heteroatoms. The number of amides is 2. The van der Waals surface area contributed by atoms with E-state index in [4.69, 9.17) is 0 Å². The molecule has 2 aliphatic heterocycles. The van der Waals surface area contributed by atoms with Crippen LogP contribution < -0.4 is 5.32 Å². The maximum absolute atomic E-state index is 12.4. The summed E-state index contributed by atoms with van der Waals surface area (Å²) in [6, 6.07) is 10.6. The first-order chi connectivity index (χ1) is 12.4. The lowest BCUT2D eigenvalue weighted by Crippen LogP contribution is -2.55. The zero-order chi connectivity index (χ0) is 18.6. The van der Waals surface area contributed by atoms with Gasteiger partial charge in [-0.2, -0.15) is 4.31 Å². The third-order valence-corrected chi connectivity index (χ3v) is 6.46. The van der Waals surface area contributed by atoms with Crippen molar-refractivity contribution in [1.82, 2.24) is 19.4 Å². The SMILES string of the molecule is CS(=O)(=O)N1CCN(C(=O)NC2CCN(Cc3ccccc3)CC2)CC1. The van der Waals surface area contributed by atoms with Crippen LogP contribution in [0.25, 0.3) is 0 Å². The predicted molar refractivity (Wildman–Crippen MR) is 101 cm³/mol. The molecule has 0 bridgehead atoms. The van der Waals surface area contributed by atoms with Crippen LogP contribution in [0.15, 0.2) is 30.3 Å². The lowest BCUT2D eigenvalue weighted by molar-refractivity contribution is 0.154. The molecule has 0 unspecified atom stereocenters. The summed E-state index contributed by atoms with van der Waals surface area (Å²) < 4.78 is 24.5. The Morgan fingerprint density at radius 1 is 1.04 bits per heavy atom. The molecule has 7 nitrogen and oxygen atoms in total. The van der Waals surface area contributed by atoms with Crippen molar-refractivity contribution < 1.29 is 13.2 Å². The molecule has 3 rings (SSSR count). The lowest BCUT2D eigenvalue weighted by Gasteiger charge is -2.36. The van der Waals surface area contributed by atoms with Crippen molar-refractivity contribution in [2.45, 2.75) is 25.4 Å². The molecule has 1 aromatic rings. The smallest absolute Gasteiger partial charge is 0.317 e. The summed E-state index contributed by atoms with van der Waals surface area (Å²) in [5.41, 5.74) is 1.32. The number of piperidine rings is 1. The maximum Gasteiger partial charge on any atom is 0.317 e. The van der Waals surface area contributed by atoms with Crippen molar-refractivity contribution in [3.05, 3.63) is 35.9 Å². The molecule has 2 aliphatic rings. The number of carbonyl (C=O) groups is 1. The van der Waals surface area contributed by atoms with Gasteiger partial charge in [0.15, 0.2) is 0 Å². The predicted octanol–water partition coefficient (Wildman–Crippen LogP) is 0.938. The van der Waals surface area contributed by atoms with Gasteiger partial charge in [0.25, 0.3) is 0 Å². The standard InChI is InChI=1S/C18H28N4O3S/c1-26(24,25)22-13-11-21(12-14-22)18(23)19-17-7-9-20(10-8-17)15-16-5-3-2-4-6-16/h2-6,17H,7-15H2,1H3,(H,19,23). The lowest BCUT2D eigenvalue weighted by atomic mass is 10.0. The number of sulfonamides is 1. The monoisotopic (exact) mass is 380 g/mol. The molecule has 0 aliphatic carbocycles. The third-order valence-electron chi connectivity index (χ3n) is 5.16. The summed E-state index contributed by atoms with van der Waals surface area (Å²) in [6.45, 7) is 4.55. The van der Waals surface area contributed by atoms with Crippen molar-refractivity contribution >= 4 is 16.1 Å². The van der Waals surface area contributed by atoms with Gasteiger partial charge in [-0.05, 0) is 18.4 Å². The second kappa shape index (κ2) is 8.37. The Hall–Kier alpha value is -1.64. The summed E-state index contributed by atoms with van der Waals surface area (Å²) in [5, 5.41) is 3.12. The average Bonchev–Trinajstić information content (AvgIpc) is 2.63. The Bertz CT molecular complexity index is 694. The van der Waals surface area contributed by atoms with Gasteiger partial charge in [0.05, 0.1) is 6.26 Å². The normalized spacial score (nSPS) is 20.9. The quantitative estimate of drug-likeness (QED) is 0.844. The number of hydrogen-bond donors (Lipinski definition) is 1. The first kappa shape index (κ1) is 19.1. The number of urea groups is 1. The molecule has 0 saturated carbocycles. The van der Waals surface area contributed by atoms with Crippen LogP contribution in [0.3, 0.4) is 0 Å². The van der Waals surface area contributed by atoms with Gasteiger partial charge < -0.3 is 10.2 Å². The van der Waals surface area contributed by atoms with Crippen LogP contribution in [0.2, 0.25) is 0 Å². The van der Waals surface area contributed by atoms with E-state index in [2.05, 4.69) is 34.5 Å². The van der Waals surface area contributed by atoms with E-state index in [0.717, 1.165) is 32.5 Å². The molecule has 144 valence electrons. The van der Waals surface area contributed by atoms with Crippen molar-refractivity contribution in [1.29, 1.82) is 0 Å². The molecule has 2 amide bonds. The largest absolute Gasteiger partial charge is 0.335 e. The van der Waals surface area contributed by atoms with Crippen molar-refractivity contribution in [3.63, 3.8) is 0 Å². The first-order valence-electron chi connectivity index (χ1n) is 9.18. The van der Waals surface area contributed by atoms with Crippen LogP contribution >= 0.6 is 0 Å². The van der Waals surface area contributed by atoms with Crippen LogP contribution in [0.4, 0.5) is 4.79 Å². The molecule has 0 radical (unpaired) electrons. The van der Waals surface area contributed by atoms with Gasteiger partial charge in [-0.15, -0.1) is 0 Å². The van der Waals surface area contributed by atoms with Crippen molar-refractivity contribution in [3.8, 4) is 0 Å². The van der Waals surface area contributed by atoms with Gasteiger partial charge in [0.2, 0.25) is 10.0 Å². The van der Waals surface area contributed by atoms with E-state index < -0.39 is 10.0 Å². The molecule has 0 atom stereocenters. The third kappa shape index (κ3) is 5.18. The van der Waals surface area contributed by atoms with Crippen molar-refractivity contribution in [2.75, 3.05) is 45.5 Å². The molecule has 1 N–H and O–H groups in total. The van der Waals surface area contributed by atoms with E-state index in [1.54, 1.807) is 4.90 Å². The van der Waals surface area contributed by atoms with E-state index in [1.165, 1.54) is 16.1 Å². The minimum atomic E-state index is -3.16.